The number of hydrogen-bond acceptors (Lipinski definition) is 3. The largest absolute Gasteiger partial charge is 0.550 e. The maximum Gasteiger partial charge on any atom is 0.227 e. The van der Waals surface area contributed by atoms with Gasteiger partial charge in [0, 0.05) is 23.4 Å². The molecule has 0 spiro atoms. The predicted octanol–water partition coefficient (Wildman–Crippen LogP) is 0.479. The molecule has 1 saturated heterocycles. The second-order valence-electron chi connectivity index (χ2n) is 9.09. The minimum absolute atomic E-state index is 0.0654. The number of nitrogens with zero attached hydrogens (tertiary/aromatic N) is 1. The molecule has 1 amide bonds. The zero-order valence-electron chi connectivity index (χ0n) is 16.7. The maximum atomic E-state index is 13.2. The van der Waals surface area contributed by atoms with Crippen LogP contribution >= 0.6 is 0 Å². The van der Waals surface area contributed by atoms with Gasteiger partial charge in [0.15, 0.2) is 0 Å². The van der Waals surface area contributed by atoms with Gasteiger partial charge in [-0.3, -0.25) is 4.79 Å². The third kappa shape index (κ3) is 3.31. The Balaban J connectivity index is 1.24. The van der Waals surface area contributed by atoms with E-state index in [-0.39, 0.29) is 23.7 Å². The van der Waals surface area contributed by atoms with Crippen LogP contribution in [0.3, 0.4) is 0 Å². The summed E-state index contributed by atoms with van der Waals surface area (Å²) in [5, 5.41) is 14.2. The number of carbonyl (C=O) groups excluding carboxylic acids is 2. The monoisotopic (exact) mass is 392 g/mol. The van der Waals surface area contributed by atoms with Gasteiger partial charge in [0.2, 0.25) is 5.91 Å². The van der Waals surface area contributed by atoms with Crippen molar-refractivity contribution >= 4 is 22.6 Å². The molecular formula is C24H28N2O3. The fourth-order valence-corrected chi connectivity index (χ4v) is 6.13. The van der Waals surface area contributed by atoms with Gasteiger partial charge in [-0.15, -0.1) is 0 Å². The summed E-state index contributed by atoms with van der Waals surface area (Å²) in [7, 11) is 0. The Bertz CT molecular complexity index is 929. The van der Waals surface area contributed by atoms with E-state index in [2.05, 4.69) is 42.5 Å². The van der Waals surface area contributed by atoms with Crippen molar-refractivity contribution in [2.45, 2.75) is 25.8 Å². The molecule has 3 aliphatic rings. The summed E-state index contributed by atoms with van der Waals surface area (Å²) >= 11 is 0. The first kappa shape index (κ1) is 18.6. The Labute approximate surface area is 171 Å². The van der Waals surface area contributed by atoms with Gasteiger partial charge in [0.25, 0.3) is 0 Å². The molecule has 2 aliphatic carbocycles. The molecule has 4 atom stereocenters. The standard InChI is InChI=1S/C24H28N2O3/c27-23(21-17-8-9-18(14-17)22(21)24(28)29)26-12-10-25(11-13-26)15-19-6-3-5-16-4-1-2-7-20(16)19/h1-7,17-18,21-22H,8-15H2,(H,28,29)/t17-,18+,21-,22+/m1/s1. The second-order valence-corrected chi connectivity index (χ2v) is 9.09. The van der Waals surface area contributed by atoms with Crippen LogP contribution in [-0.4, -0.2) is 43.0 Å². The average molecular weight is 392 g/mol. The van der Waals surface area contributed by atoms with Crippen LogP contribution in [0, 0.1) is 23.7 Å². The smallest absolute Gasteiger partial charge is 0.227 e. The minimum atomic E-state index is -1.02. The van der Waals surface area contributed by atoms with E-state index in [1.54, 1.807) is 0 Å². The molecule has 2 aromatic carbocycles. The molecule has 0 aromatic heterocycles. The fraction of sp³-hybridized carbons (Fsp3) is 0.500. The number of aliphatic carboxylic acids is 1. The Morgan fingerprint density at radius 1 is 0.966 bits per heavy atom. The van der Waals surface area contributed by atoms with E-state index in [0.29, 0.717) is 13.1 Å². The first-order chi connectivity index (χ1) is 14.1. The summed E-state index contributed by atoms with van der Waals surface area (Å²) in [6.07, 6.45) is 2.83. The van der Waals surface area contributed by atoms with Crippen molar-refractivity contribution in [1.82, 2.24) is 4.90 Å². The van der Waals surface area contributed by atoms with E-state index < -0.39 is 11.9 Å². The van der Waals surface area contributed by atoms with Crippen molar-refractivity contribution in [1.29, 1.82) is 0 Å². The highest BCUT2D eigenvalue weighted by Crippen LogP contribution is 2.52. The first-order valence-electron chi connectivity index (χ1n) is 10.9. The van der Waals surface area contributed by atoms with E-state index >= 15 is 0 Å². The molecule has 29 heavy (non-hydrogen) atoms. The first-order valence-corrected chi connectivity index (χ1v) is 10.9. The van der Waals surface area contributed by atoms with Crippen LogP contribution in [0.1, 0.15) is 24.8 Å². The van der Waals surface area contributed by atoms with E-state index in [9.17, 15) is 14.7 Å². The lowest BCUT2D eigenvalue weighted by Gasteiger charge is -2.38. The molecular weight excluding hydrogens is 364 g/mol. The third-order valence-corrected chi connectivity index (χ3v) is 7.58. The summed E-state index contributed by atoms with van der Waals surface area (Å²) in [6.45, 7) is 4.20. The Hall–Kier alpha value is -2.40. The van der Waals surface area contributed by atoms with Crippen LogP contribution < -0.4 is 10.0 Å². The number of rotatable bonds is 4. The normalized spacial score (nSPS) is 29.4. The molecule has 5 heteroatoms. The van der Waals surface area contributed by atoms with E-state index in [4.69, 9.17) is 0 Å². The van der Waals surface area contributed by atoms with Gasteiger partial charge >= 0.3 is 0 Å². The number of fused-ring (bicyclic) bond motifs is 3. The van der Waals surface area contributed by atoms with Gasteiger partial charge in [-0.1, -0.05) is 42.5 Å². The predicted molar refractivity (Wildman–Crippen MR) is 108 cm³/mol. The number of carbonyl (C=O) groups is 2. The molecule has 5 nitrogen and oxygen atoms in total. The number of piperazine rings is 1. The van der Waals surface area contributed by atoms with Crippen LogP contribution in [0.4, 0.5) is 0 Å². The molecule has 0 unspecified atom stereocenters. The summed E-state index contributed by atoms with van der Waals surface area (Å²) in [4.78, 5) is 28.2. The van der Waals surface area contributed by atoms with Gasteiger partial charge in [0.1, 0.15) is 6.54 Å². The second kappa shape index (κ2) is 7.45. The number of quaternary nitrogens is 1. The average Bonchev–Trinajstić information content (AvgIpc) is 3.36. The topological polar surface area (TPSA) is 64.9 Å². The van der Waals surface area contributed by atoms with Gasteiger partial charge in [-0.05, 0) is 41.9 Å². The Morgan fingerprint density at radius 3 is 2.41 bits per heavy atom. The van der Waals surface area contributed by atoms with E-state index in [1.807, 2.05) is 4.90 Å². The van der Waals surface area contributed by atoms with Crippen LogP contribution in [-0.2, 0) is 16.1 Å². The minimum Gasteiger partial charge on any atom is -0.550 e. The Morgan fingerprint density at radius 2 is 1.66 bits per heavy atom. The molecule has 2 bridgehead atoms. The van der Waals surface area contributed by atoms with Crippen molar-refractivity contribution in [2.75, 3.05) is 26.2 Å². The molecule has 2 aromatic rings. The van der Waals surface area contributed by atoms with Gasteiger partial charge < -0.3 is 19.7 Å². The molecule has 5 rings (SSSR count). The zero-order chi connectivity index (χ0) is 20.0. The van der Waals surface area contributed by atoms with Crippen molar-refractivity contribution in [3.63, 3.8) is 0 Å². The van der Waals surface area contributed by atoms with Crippen molar-refractivity contribution < 1.29 is 19.6 Å². The van der Waals surface area contributed by atoms with Crippen LogP contribution in [0.2, 0.25) is 0 Å². The van der Waals surface area contributed by atoms with Gasteiger partial charge in [0.05, 0.1) is 26.2 Å². The van der Waals surface area contributed by atoms with Crippen molar-refractivity contribution in [3.8, 4) is 0 Å². The quantitative estimate of drug-likeness (QED) is 0.823. The van der Waals surface area contributed by atoms with Crippen molar-refractivity contribution in [3.05, 3.63) is 48.0 Å². The number of carboxylic acid groups (broad SMARTS) is 1. The molecule has 2 saturated carbocycles. The maximum absolute atomic E-state index is 13.2. The molecule has 1 N–H and O–H groups in total. The lowest BCUT2D eigenvalue weighted by molar-refractivity contribution is -0.917. The lowest BCUT2D eigenvalue weighted by atomic mass is 9.78. The summed E-state index contributed by atoms with van der Waals surface area (Å²) < 4.78 is 0. The Kier molecular flexibility index (Phi) is 4.78. The number of hydrogen-bond donors (Lipinski definition) is 1. The third-order valence-electron chi connectivity index (χ3n) is 7.58. The number of amides is 1. The molecule has 0 radical (unpaired) electrons. The van der Waals surface area contributed by atoms with Crippen molar-refractivity contribution in [2.24, 2.45) is 23.7 Å². The van der Waals surface area contributed by atoms with Crippen LogP contribution in [0.25, 0.3) is 10.8 Å². The summed E-state index contributed by atoms with van der Waals surface area (Å²) in [5.74, 6) is -1.47. The highest BCUT2D eigenvalue weighted by Gasteiger charge is 2.52. The molecule has 152 valence electrons. The number of benzene rings is 2. The zero-order valence-corrected chi connectivity index (χ0v) is 16.7. The number of nitrogens with one attached hydrogen (secondary N) is 1. The number of carboxylic acids is 1. The molecule has 1 aliphatic heterocycles. The lowest BCUT2D eigenvalue weighted by Crippen LogP contribution is -3.13. The van der Waals surface area contributed by atoms with Crippen LogP contribution in [0.5, 0.6) is 0 Å². The van der Waals surface area contributed by atoms with Gasteiger partial charge in [-0.2, -0.15) is 0 Å². The molecule has 1 heterocycles. The molecule has 3 fully saturated rings. The van der Waals surface area contributed by atoms with E-state index in [1.165, 1.54) is 21.2 Å². The van der Waals surface area contributed by atoms with Crippen LogP contribution in [0.15, 0.2) is 42.5 Å². The van der Waals surface area contributed by atoms with Gasteiger partial charge in [-0.25, -0.2) is 0 Å². The summed E-state index contributed by atoms with van der Waals surface area (Å²) in [6, 6.07) is 14.9. The summed E-state index contributed by atoms with van der Waals surface area (Å²) in [5.41, 5.74) is 1.35. The van der Waals surface area contributed by atoms with E-state index in [0.717, 1.165) is 38.9 Å². The fourth-order valence-electron chi connectivity index (χ4n) is 6.13. The highest BCUT2D eigenvalue weighted by atomic mass is 16.4. The highest BCUT2D eigenvalue weighted by molar-refractivity contribution is 5.86. The SMILES string of the molecule is O=C([O-])[C@H]1[C@H]2CC[C@H](C2)[C@H]1C(=O)N1CC[NH+](Cc2cccc3ccccc23)CC1.